The van der Waals surface area contributed by atoms with Crippen LogP contribution in [0.25, 0.3) is 0 Å². The summed E-state index contributed by atoms with van der Waals surface area (Å²) in [5.41, 5.74) is 14.2. The fourth-order valence-electron chi connectivity index (χ4n) is 11.8. The predicted octanol–water partition coefficient (Wildman–Crippen LogP) is 13.5. The number of fused-ring (bicyclic) bond motifs is 8. The first-order chi connectivity index (χ1) is 36.7. The van der Waals surface area contributed by atoms with Crippen molar-refractivity contribution < 1.29 is 0 Å². The van der Waals surface area contributed by atoms with E-state index >= 15 is 0 Å². The topological polar surface area (TPSA) is 25.9 Å². The van der Waals surface area contributed by atoms with E-state index in [-0.39, 0.29) is 0 Å². The van der Waals surface area contributed by atoms with Crippen LogP contribution in [0.3, 0.4) is 0 Å². The van der Waals surface area contributed by atoms with Crippen LogP contribution >= 0.6 is 23.5 Å². The molecular weight excluding hydrogens is 1050 g/mol. The van der Waals surface area contributed by atoms with Crippen LogP contribution in [0.2, 0.25) is 0 Å². The molecule has 9 heteroatoms. The second kappa shape index (κ2) is 18.2. The van der Waals surface area contributed by atoms with Gasteiger partial charge in [0.15, 0.2) is 0 Å². The van der Waals surface area contributed by atoms with Crippen molar-refractivity contribution in [3.05, 3.63) is 261 Å². The Bertz CT molecular complexity index is 3610. The van der Waals surface area contributed by atoms with Crippen molar-refractivity contribution >= 4 is 149 Å². The average Bonchev–Trinajstić information content (AvgIpc) is 3.47. The van der Waals surface area contributed by atoms with Crippen molar-refractivity contribution in [2.45, 2.75) is 19.7 Å². The summed E-state index contributed by atoms with van der Waals surface area (Å²) in [6.07, 6.45) is 0. The van der Waals surface area contributed by atoms with E-state index in [1.807, 2.05) is 23.5 Å². The summed E-state index contributed by atoms with van der Waals surface area (Å²) < 4.78 is 8.73. The summed E-state index contributed by atoms with van der Waals surface area (Å²) in [5, 5.41) is 1.19. The summed E-state index contributed by atoms with van der Waals surface area (Å²) >= 11 is -1.99. The Kier molecular flexibility index (Phi) is 10.8. The second-order valence-electron chi connectivity index (χ2n) is 19.1. The van der Waals surface area contributed by atoms with E-state index in [4.69, 9.17) is 4.98 Å². The van der Waals surface area contributed by atoms with Crippen LogP contribution in [0.1, 0.15) is 0 Å². The normalized spacial score (nSPS) is 13.2. The van der Waals surface area contributed by atoms with Gasteiger partial charge in [0.25, 0.3) is 0 Å². The molecule has 346 valence electrons. The van der Waals surface area contributed by atoms with Crippen LogP contribution in [0.4, 0.5) is 68.2 Å². The number of hydrogen-bond acceptors (Lipinski definition) is 7. The molecule has 0 fully saturated rings. The van der Waals surface area contributed by atoms with Crippen LogP contribution in [0.15, 0.2) is 281 Å². The molecule has 0 atom stereocenters. The van der Waals surface area contributed by atoms with Crippen molar-refractivity contribution in [1.29, 1.82) is 0 Å². The van der Waals surface area contributed by atoms with Crippen LogP contribution in [0, 0.1) is 0 Å². The number of para-hydroxylation sites is 8. The SMILES string of the molecule is c1ccc(N(c2ccccc2)c2cc3[c]4c(c2)N(c2ccccc2)c2cccc[c]2[Ga]4[c]2cc4[c](nc2S3)[Ga]2[c]3ccccc3N(c3ccccc3)c3cc(N(c5ccccc5)c5ccccc5)cc([c]32)S4)cc1. The molecule has 0 saturated carbocycles. The van der Waals surface area contributed by atoms with E-state index in [0.29, 0.717) is 0 Å². The van der Waals surface area contributed by atoms with Crippen molar-refractivity contribution in [3.8, 4) is 0 Å². The molecule has 1 aromatic heterocycles. The number of aromatic nitrogens is 1. The molecule has 0 spiro atoms. The molecule has 0 radical (unpaired) electrons. The Labute approximate surface area is 450 Å². The zero-order valence-electron chi connectivity index (χ0n) is 40.0. The van der Waals surface area contributed by atoms with Gasteiger partial charge in [0.1, 0.15) is 0 Å². The first-order valence-electron chi connectivity index (χ1n) is 25.2. The standard InChI is InChI=1S/C65H43N5S2.2Ga/c1-9-25-50(26-10-1)67(51-27-11-2-12-28-51)58-43-59(68(52-29-13-3-14-30-52)53-31-15-4-16-32-53)46-63(45-58)71-62-41-42-65(66-49-62)72-64-47-60(69(54-33-17-5-18-34-54)55-35-19-6-20-36-55)44-61(48-64)70(56-37-21-7-22-38-56)57-39-23-8-24-40-57;;/h1-31,33-39,41,43-45,47H;;. The molecule has 11 aromatic rings. The molecule has 0 amide bonds. The molecule has 0 saturated heterocycles. The summed E-state index contributed by atoms with van der Waals surface area (Å²) in [6.45, 7) is 0. The summed E-state index contributed by atoms with van der Waals surface area (Å²) in [6, 6.07) is 96.4. The Morgan fingerprint density at radius 1 is 0.311 bits per heavy atom. The number of anilines is 12. The third kappa shape index (κ3) is 7.17. The molecule has 4 aliphatic heterocycles. The zero-order chi connectivity index (χ0) is 48.7. The maximum absolute atomic E-state index is 6.14. The number of benzene rings is 10. The van der Waals surface area contributed by atoms with E-state index in [2.05, 4.69) is 280 Å². The Hall–Kier alpha value is -7.48. The monoisotopic (exact) mass is 1100 g/mol. The van der Waals surface area contributed by atoms with Crippen molar-refractivity contribution in [2.75, 3.05) is 19.6 Å². The third-order valence-electron chi connectivity index (χ3n) is 14.9. The van der Waals surface area contributed by atoms with Crippen LogP contribution in [-0.4, -0.2) is 37.4 Å². The van der Waals surface area contributed by atoms with Gasteiger partial charge in [0.05, 0.1) is 0 Å². The van der Waals surface area contributed by atoms with Gasteiger partial charge < -0.3 is 0 Å². The maximum atomic E-state index is 6.14. The van der Waals surface area contributed by atoms with E-state index in [1.54, 1.807) is 0 Å². The second-order valence-corrected chi connectivity index (χ2v) is 32.3. The van der Waals surface area contributed by atoms with E-state index in [1.165, 1.54) is 67.3 Å². The minimum absolute atomic E-state index is 1.12. The van der Waals surface area contributed by atoms with E-state index in [0.717, 1.165) is 45.5 Å². The van der Waals surface area contributed by atoms with Gasteiger partial charge in [0.2, 0.25) is 0 Å². The summed E-state index contributed by atoms with van der Waals surface area (Å²) in [5.74, 6) is 0. The fourth-order valence-corrected chi connectivity index (χ4v) is 31.8. The molecule has 10 aromatic carbocycles. The first-order valence-corrected chi connectivity index (χ1v) is 34.1. The first kappa shape index (κ1) is 44.0. The van der Waals surface area contributed by atoms with E-state index < -0.39 is 32.4 Å². The van der Waals surface area contributed by atoms with Gasteiger partial charge in [-0.1, -0.05) is 0 Å². The molecule has 15 rings (SSSR count). The third-order valence-corrected chi connectivity index (χ3v) is 32.7. The molecule has 0 aliphatic carbocycles. The number of nitrogens with zero attached hydrogens (tertiary/aromatic N) is 5. The van der Waals surface area contributed by atoms with Gasteiger partial charge in [-0.25, -0.2) is 0 Å². The quantitative estimate of drug-likeness (QED) is 0.140. The molecule has 0 N–H and O–H groups in total. The van der Waals surface area contributed by atoms with Crippen molar-refractivity contribution in [1.82, 2.24) is 4.98 Å². The molecule has 0 bridgehead atoms. The Morgan fingerprint density at radius 2 is 0.689 bits per heavy atom. The van der Waals surface area contributed by atoms with Crippen molar-refractivity contribution in [3.63, 3.8) is 0 Å². The fraction of sp³-hybridized carbons (Fsp3) is 0. The molecular formula is C65H43Ga2N5S2. The number of hydrogen-bond donors (Lipinski definition) is 0. The van der Waals surface area contributed by atoms with Gasteiger partial charge in [-0.3, -0.25) is 0 Å². The zero-order valence-corrected chi connectivity index (χ0v) is 46.5. The molecule has 5 heterocycles. The average molecular weight is 1100 g/mol. The molecule has 74 heavy (non-hydrogen) atoms. The number of rotatable bonds is 8. The van der Waals surface area contributed by atoms with Crippen LogP contribution < -0.4 is 44.4 Å². The molecule has 0 unspecified atom stereocenters. The van der Waals surface area contributed by atoms with Gasteiger partial charge in [-0.15, -0.1) is 0 Å². The Morgan fingerprint density at radius 3 is 1.15 bits per heavy atom. The Balaban J connectivity index is 0.968. The molecule has 4 aliphatic rings. The van der Waals surface area contributed by atoms with E-state index in [9.17, 15) is 0 Å². The van der Waals surface area contributed by atoms with Gasteiger partial charge >= 0.3 is 454 Å². The van der Waals surface area contributed by atoms with Crippen molar-refractivity contribution in [2.24, 2.45) is 0 Å². The summed E-state index contributed by atoms with van der Waals surface area (Å²) in [7, 11) is 0. The van der Waals surface area contributed by atoms with Crippen LogP contribution in [0.5, 0.6) is 0 Å². The van der Waals surface area contributed by atoms with Gasteiger partial charge in [0, 0.05) is 0 Å². The minimum atomic E-state index is -2.94. The summed E-state index contributed by atoms with van der Waals surface area (Å²) in [4.78, 5) is 20.0. The van der Waals surface area contributed by atoms with Gasteiger partial charge in [-0.05, 0) is 0 Å². The number of pyridine rings is 1. The molecule has 5 nitrogen and oxygen atoms in total. The van der Waals surface area contributed by atoms with Crippen LogP contribution in [-0.2, 0) is 0 Å². The predicted molar refractivity (Wildman–Crippen MR) is 313 cm³/mol. The van der Waals surface area contributed by atoms with Gasteiger partial charge in [-0.2, -0.15) is 0 Å².